The summed E-state index contributed by atoms with van der Waals surface area (Å²) < 4.78 is 0. The first-order chi connectivity index (χ1) is 5.24. The van der Waals surface area contributed by atoms with Gasteiger partial charge in [0.2, 0.25) is 5.91 Å². The summed E-state index contributed by atoms with van der Waals surface area (Å²) in [6, 6.07) is 0. The molecule has 0 aromatic rings. The molecular formula is C8H14N2O. The minimum atomic E-state index is -0.0336. The van der Waals surface area contributed by atoms with Gasteiger partial charge in [-0.05, 0) is 26.2 Å². The molecule has 0 fully saturated rings. The second kappa shape index (κ2) is 3.53. The van der Waals surface area contributed by atoms with E-state index < -0.39 is 0 Å². The fraction of sp³-hybridized carbons (Fsp3) is 0.625. The van der Waals surface area contributed by atoms with Crippen LogP contribution in [0.15, 0.2) is 11.6 Å². The minimum Gasteiger partial charge on any atom is -0.294 e. The largest absolute Gasteiger partial charge is 0.294 e. The topological polar surface area (TPSA) is 55.1 Å². The van der Waals surface area contributed by atoms with Gasteiger partial charge in [0.1, 0.15) is 0 Å². The van der Waals surface area contributed by atoms with Crippen molar-refractivity contribution >= 4 is 5.91 Å². The summed E-state index contributed by atoms with van der Waals surface area (Å²) in [4.78, 5) is 11.0. The second-order valence-corrected chi connectivity index (χ2v) is 3.03. The molecule has 11 heavy (non-hydrogen) atoms. The number of hydrazine groups is 1. The molecule has 62 valence electrons. The van der Waals surface area contributed by atoms with Crippen LogP contribution in [-0.4, -0.2) is 5.91 Å². The van der Waals surface area contributed by atoms with E-state index in [1.54, 1.807) is 0 Å². The van der Waals surface area contributed by atoms with E-state index >= 15 is 0 Å². The highest BCUT2D eigenvalue weighted by Crippen LogP contribution is 2.22. The second-order valence-electron chi connectivity index (χ2n) is 3.03. The zero-order chi connectivity index (χ0) is 8.27. The highest BCUT2D eigenvalue weighted by Gasteiger charge is 2.18. The molecule has 0 radical (unpaired) electrons. The van der Waals surface area contributed by atoms with Gasteiger partial charge < -0.3 is 0 Å². The number of carbonyl (C=O) groups excluding carboxylic acids is 1. The van der Waals surface area contributed by atoms with Crippen LogP contribution >= 0.6 is 0 Å². The first kappa shape index (κ1) is 8.27. The first-order valence-corrected chi connectivity index (χ1v) is 3.90. The molecule has 0 saturated carbocycles. The number of amides is 1. The van der Waals surface area contributed by atoms with E-state index in [1.165, 1.54) is 5.57 Å². The van der Waals surface area contributed by atoms with E-state index in [9.17, 15) is 4.79 Å². The fourth-order valence-corrected chi connectivity index (χ4v) is 1.32. The molecule has 0 bridgehead atoms. The molecule has 0 spiro atoms. The van der Waals surface area contributed by atoms with Crippen LogP contribution in [0.4, 0.5) is 0 Å². The Balaban J connectivity index is 2.47. The van der Waals surface area contributed by atoms with Crippen molar-refractivity contribution in [1.82, 2.24) is 5.43 Å². The summed E-state index contributed by atoms with van der Waals surface area (Å²) in [7, 11) is 0. The standard InChI is InChI=1S/C8H14N2O/c1-6-2-4-7(5-3-6)8(11)10-9/h2,7H,3-5,9H2,1H3,(H,10,11)/t7-/m1/s1. The summed E-state index contributed by atoms with van der Waals surface area (Å²) in [5.41, 5.74) is 3.56. The van der Waals surface area contributed by atoms with Crippen LogP contribution in [0.2, 0.25) is 0 Å². The van der Waals surface area contributed by atoms with Gasteiger partial charge in [-0.1, -0.05) is 11.6 Å². The molecule has 0 heterocycles. The number of hydrogen-bond donors (Lipinski definition) is 2. The molecule has 0 aromatic carbocycles. The summed E-state index contributed by atoms with van der Waals surface area (Å²) in [5, 5.41) is 0. The van der Waals surface area contributed by atoms with E-state index in [4.69, 9.17) is 5.84 Å². The number of nitrogens with two attached hydrogens (primary N) is 1. The Morgan fingerprint density at radius 1 is 1.82 bits per heavy atom. The summed E-state index contributed by atoms with van der Waals surface area (Å²) in [6.45, 7) is 2.09. The van der Waals surface area contributed by atoms with Gasteiger partial charge in [-0.15, -0.1) is 0 Å². The van der Waals surface area contributed by atoms with Crippen LogP contribution in [0.1, 0.15) is 26.2 Å². The van der Waals surface area contributed by atoms with Crippen molar-refractivity contribution < 1.29 is 4.79 Å². The maximum Gasteiger partial charge on any atom is 0.237 e. The van der Waals surface area contributed by atoms with Crippen molar-refractivity contribution in [1.29, 1.82) is 0 Å². The molecule has 1 atom stereocenters. The molecule has 1 amide bonds. The summed E-state index contributed by atoms with van der Waals surface area (Å²) in [6.07, 6.45) is 4.92. The Kier molecular flexibility index (Phi) is 2.65. The van der Waals surface area contributed by atoms with Gasteiger partial charge in [-0.3, -0.25) is 10.2 Å². The van der Waals surface area contributed by atoms with E-state index in [1.807, 2.05) is 0 Å². The van der Waals surface area contributed by atoms with Crippen LogP contribution in [0, 0.1) is 5.92 Å². The first-order valence-electron chi connectivity index (χ1n) is 3.90. The molecule has 1 aliphatic rings. The third-order valence-corrected chi connectivity index (χ3v) is 2.15. The third-order valence-electron chi connectivity index (χ3n) is 2.15. The number of nitrogens with one attached hydrogen (secondary N) is 1. The van der Waals surface area contributed by atoms with Crippen LogP contribution in [-0.2, 0) is 4.79 Å². The van der Waals surface area contributed by atoms with Crippen molar-refractivity contribution in [2.24, 2.45) is 11.8 Å². The molecule has 0 saturated heterocycles. The van der Waals surface area contributed by atoms with Gasteiger partial charge in [0.15, 0.2) is 0 Å². The molecule has 3 N–H and O–H groups in total. The van der Waals surface area contributed by atoms with Crippen LogP contribution < -0.4 is 11.3 Å². The Bertz CT molecular complexity index is 187. The highest BCUT2D eigenvalue weighted by atomic mass is 16.2. The Hall–Kier alpha value is -0.830. The molecule has 0 unspecified atom stereocenters. The van der Waals surface area contributed by atoms with Gasteiger partial charge in [-0.2, -0.15) is 0 Å². The van der Waals surface area contributed by atoms with Crippen molar-refractivity contribution in [2.45, 2.75) is 26.2 Å². The van der Waals surface area contributed by atoms with Gasteiger partial charge in [-0.25, -0.2) is 5.84 Å². The van der Waals surface area contributed by atoms with Crippen molar-refractivity contribution in [3.8, 4) is 0 Å². The molecular weight excluding hydrogens is 140 g/mol. The van der Waals surface area contributed by atoms with E-state index in [2.05, 4.69) is 18.4 Å². The van der Waals surface area contributed by atoms with E-state index in [-0.39, 0.29) is 11.8 Å². The Labute approximate surface area is 66.6 Å². The third kappa shape index (κ3) is 2.05. The Morgan fingerprint density at radius 3 is 3.00 bits per heavy atom. The average molecular weight is 154 g/mol. The maximum absolute atomic E-state index is 11.0. The molecule has 3 heteroatoms. The molecule has 1 rings (SSSR count). The lowest BCUT2D eigenvalue weighted by molar-refractivity contribution is -0.125. The monoisotopic (exact) mass is 154 g/mol. The quantitative estimate of drug-likeness (QED) is 0.253. The van der Waals surface area contributed by atoms with Gasteiger partial charge >= 0.3 is 0 Å². The number of rotatable bonds is 1. The van der Waals surface area contributed by atoms with Crippen LogP contribution in [0.5, 0.6) is 0 Å². The fourth-order valence-electron chi connectivity index (χ4n) is 1.32. The summed E-state index contributed by atoms with van der Waals surface area (Å²) >= 11 is 0. The normalized spacial score (nSPS) is 24.2. The van der Waals surface area contributed by atoms with Gasteiger partial charge in [0, 0.05) is 5.92 Å². The van der Waals surface area contributed by atoms with Crippen LogP contribution in [0.25, 0.3) is 0 Å². The van der Waals surface area contributed by atoms with E-state index in [0.29, 0.717) is 0 Å². The average Bonchev–Trinajstić information content (AvgIpc) is 2.05. The zero-order valence-electron chi connectivity index (χ0n) is 6.76. The van der Waals surface area contributed by atoms with Gasteiger partial charge in [0.05, 0.1) is 0 Å². The number of allylic oxidation sites excluding steroid dienone is 2. The van der Waals surface area contributed by atoms with Crippen molar-refractivity contribution in [3.63, 3.8) is 0 Å². The zero-order valence-corrected chi connectivity index (χ0v) is 6.76. The predicted octanol–water partition coefficient (Wildman–Crippen LogP) is 0.723. The lowest BCUT2D eigenvalue weighted by Crippen LogP contribution is -2.36. The highest BCUT2D eigenvalue weighted by molar-refractivity contribution is 5.78. The SMILES string of the molecule is CC1=CC[C@@H](C(=O)NN)CC1. The maximum atomic E-state index is 11.0. The molecule has 3 nitrogen and oxygen atoms in total. The van der Waals surface area contributed by atoms with Crippen LogP contribution in [0.3, 0.4) is 0 Å². The summed E-state index contributed by atoms with van der Waals surface area (Å²) in [5.74, 6) is 5.08. The van der Waals surface area contributed by atoms with Gasteiger partial charge in [0.25, 0.3) is 0 Å². The van der Waals surface area contributed by atoms with E-state index in [0.717, 1.165) is 19.3 Å². The van der Waals surface area contributed by atoms with Crippen molar-refractivity contribution in [2.75, 3.05) is 0 Å². The Morgan fingerprint density at radius 2 is 2.55 bits per heavy atom. The molecule has 1 aliphatic carbocycles. The number of hydrogen-bond acceptors (Lipinski definition) is 2. The lowest BCUT2D eigenvalue weighted by Gasteiger charge is -2.17. The lowest BCUT2D eigenvalue weighted by atomic mass is 9.90. The number of carbonyl (C=O) groups is 1. The minimum absolute atomic E-state index is 0.0336. The predicted molar refractivity (Wildman–Crippen MR) is 43.4 cm³/mol. The smallest absolute Gasteiger partial charge is 0.237 e. The molecule has 0 aromatic heterocycles. The molecule has 0 aliphatic heterocycles. The van der Waals surface area contributed by atoms with Crippen molar-refractivity contribution in [3.05, 3.63) is 11.6 Å².